The van der Waals surface area contributed by atoms with Crippen molar-refractivity contribution in [2.45, 2.75) is 6.42 Å². The van der Waals surface area contributed by atoms with Crippen LogP contribution in [0.15, 0.2) is 71.4 Å². The van der Waals surface area contributed by atoms with Crippen LogP contribution in [0.5, 0.6) is 23.0 Å². The summed E-state index contributed by atoms with van der Waals surface area (Å²) in [5.74, 6) is 0.326. The molecule has 0 aliphatic carbocycles. The minimum atomic E-state index is -0.707. The lowest BCUT2D eigenvalue weighted by atomic mass is 10.1. The Balaban J connectivity index is 1.44. The largest absolute Gasteiger partial charge is 0.497 e. The molecular formula is C29H28ClN3O7. The molecule has 0 fully saturated rings. The maximum atomic E-state index is 13.3. The number of hydrogen-bond donors (Lipinski definition) is 2. The summed E-state index contributed by atoms with van der Waals surface area (Å²) in [6, 6.07) is 16.8. The fourth-order valence-electron chi connectivity index (χ4n) is 4.14. The summed E-state index contributed by atoms with van der Waals surface area (Å²) in [7, 11) is 6.05. The Morgan fingerprint density at radius 3 is 2.27 bits per heavy atom. The van der Waals surface area contributed by atoms with E-state index in [4.69, 9.17) is 30.5 Å². The van der Waals surface area contributed by atoms with Gasteiger partial charge in [0.1, 0.15) is 22.2 Å². The third-order valence-electron chi connectivity index (χ3n) is 6.20. The number of halogens is 1. The first kappa shape index (κ1) is 28.3. The van der Waals surface area contributed by atoms with Crippen molar-refractivity contribution in [3.8, 4) is 23.0 Å². The molecule has 1 aliphatic rings. The summed E-state index contributed by atoms with van der Waals surface area (Å²) in [5, 5.41) is 5.49. The minimum absolute atomic E-state index is 0.115. The fraction of sp³-hybridized carbons (Fsp3) is 0.207. The van der Waals surface area contributed by atoms with E-state index in [0.29, 0.717) is 41.5 Å². The van der Waals surface area contributed by atoms with Gasteiger partial charge in [-0.1, -0.05) is 23.7 Å². The summed E-state index contributed by atoms with van der Waals surface area (Å²) < 4.78 is 21.1. The summed E-state index contributed by atoms with van der Waals surface area (Å²) in [6.07, 6.45) is 0.577. The van der Waals surface area contributed by atoms with Crippen LogP contribution in [-0.4, -0.2) is 52.7 Å². The molecule has 3 aromatic rings. The standard InChI is InChI=1S/C29H28ClN3O7/c1-37-20-9-10-21(23(16-20)39-3)33-28(35)25(30)26(29(33)36)32-19-7-5-6-18(15-19)27(34)31-13-12-17-8-11-22(38-2)24(14-17)40-4/h5-11,14-16,32H,12-13H2,1-4H3,(H,31,34). The number of amides is 3. The van der Waals surface area contributed by atoms with Gasteiger partial charge in [-0.3, -0.25) is 14.4 Å². The van der Waals surface area contributed by atoms with Crippen molar-refractivity contribution < 1.29 is 33.3 Å². The van der Waals surface area contributed by atoms with Crippen LogP contribution in [0.2, 0.25) is 0 Å². The number of anilines is 2. The number of methoxy groups -OCH3 is 4. The monoisotopic (exact) mass is 565 g/mol. The molecule has 1 aliphatic heterocycles. The van der Waals surface area contributed by atoms with Gasteiger partial charge in [0, 0.05) is 23.9 Å². The van der Waals surface area contributed by atoms with Gasteiger partial charge in [-0.05, 0) is 54.4 Å². The van der Waals surface area contributed by atoms with Crippen LogP contribution in [0.4, 0.5) is 11.4 Å². The molecule has 0 saturated carbocycles. The zero-order valence-electron chi connectivity index (χ0n) is 22.4. The highest BCUT2D eigenvalue weighted by molar-refractivity contribution is 6.53. The number of ether oxygens (including phenoxy) is 4. The van der Waals surface area contributed by atoms with Crippen molar-refractivity contribution in [2.75, 3.05) is 45.2 Å². The first-order valence-corrected chi connectivity index (χ1v) is 12.6. The van der Waals surface area contributed by atoms with E-state index in [-0.39, 0.29) is 28.1 Å². The maximum Gasteiger partial charge on any atom is 0.283 e. The molecule has 0 radical (unpaired) electrons. The second-order valence-corrected chi connectivity index (χ2v) is 8.95. The number of nitrogens with one attached hydrogen (secondary N) is 2. The van der Waals surface area contributed by atoms with Gasteiger partial charge in [0.2, 0.25) is 0 Å². The Labute approximate surface area is 236 Å². The molecule has 1 heterocycles. The van der Waals surface area contributed by atoms with Crippen molar-refractivity contribution in [1.29, 1.82) is 0 Å². The van der Waals surface area contributed by atoms with E-state index in [0.717, 1.165) is 10.5 Å². The second-order valence-electron chi connectivity index (χ2n) is 8.57. The quantitative estimate of drug-likeness (QED) is 0.334. The van der Waals surface area contributed by atoms with Crippen LogP contribution < -0.4 is 34.5 Å². The van der Waals surface area contributed by atoms with E-state index in [1.807, 2.05) is 18.2 Å². The van der Waals surface area contributed by atoms with E-state index in [1.54, 1.807) is 50.6 Å². The van der Waals surface area contributed by atoms with Crippen molar-refractivity contribution in [3.63, 3.8) is 0 Å². The number of benzene rings is 3. The molecule has 40 heavy (non-hydrogen) atoms. The average Bonchev–Trinajstić information content (AvgIpc) is 3.19. The first-order chi connectivity index (χ1) is 19.3. The third kappa shape index (κ3) is 5.81. The van der Waals surface area contributed by atoms with Crippen molar-refractivity contribution in [1.82, 2.24) is 5.32 Å². The molecule has 11 heteroatoms. The molecule has 0 atom stereocenters. The number of imide groups is 1. The van der Waals surface area contributed by atoms with Crippen molar-refractivity contribution in [3.05, 3.63) is 82.5 Å². The summed E-state index contributed by atoms with van der Waals surface area (Å²) in [4.78, 5) is 39.9. The van der Waals surface area contributed by atoms with Crippen LogP contribution in [0.1, 0.15) is 15.9 Å². The Hall–Kier alpha value is -4.70. The molecule has 0 saturated heterocycles. The van der Waals surface area contributed by atoms with Gasteiger partial charge in [0.25, 0.3) is 17.7 Å². The Kier molecular flexibility index (Phi) is 8.80. The first-order valence-electron chi connectivity index (χ1n) is 12.2. The third-order valence-corrected chi connectivity index (χ3v) is 6.55. The lowest BCUT2D eigenvalue weighted by Crippen LogP contribution is -2.32. The SMILES string of the molecule is COc1ccc(N2C(=O)C(Cl)=C(Nc3cccc(C(=O)NCCc4ccc(OC)c(OC)c4)c3)C2=O)c(OC)c1. The highest BCUT2D eigenvalue weighted by Crippen LogP contribution is 2.37. The number of nitrogens with zero attached hydrogens (tertiary/aromatic N) is 1. The molecule has 3 amide bonds. The lowest BCUT2D eigenvalue weighted by molar-refractivity contribution is -0.120. The topological polar surface area (TPSA) is 115 Å². The summed E-state index contributed by atoms with van der Waals surface area (Å²) >= 11 is 6.29. The van der Waals surface area contributed by atoms with Gasteiger partial charge < -0.3 is 29.6 Å². The van der Waals surface area contributed by atoms with Crippen LogP contribution in [0.3, 0.4) is 0 Å². The molecule has 208 valence electrons. The maximum absolute atomic E-state index is 13.3. The number of hydrogen-bond acceptors (Lipinski definition) is 8. The zero-order valence-corrected chi connectivity index (χ0v) is 23.1. The molecule has 0 bridgehead atoms. The Bertz CT molecular complexity index is 1490. The predicted molar refractivity (Wildman–Crippen MR) is 151 cm³/mol. The molecule has 4 rings (SSSR count). The van der Waals surface area contributed by atoms with Gasteiger partial charge in [-0.2, -0.15) is 0 Å². The van der Waals surface area contributed by atoms with Gasteiger partial charge >= 0.3 is 0 Å². The Morgan fingerprint density at radius 2 is 1.57 bits per heavy atom. The lowest BCUT2D eigenvalue weighted by Gasteiger charge is -2.18. The summed E-state index contributed by atoms with van der Waals surface area (Å²) in [5.41, 5.74) is 1.84. The summed E-state index contributed by atoms with van der Waals surface area (Å²) in [6.45, 7) is 0.384. The number of carbonyl (C=O) groups is 3. The number of carbonyl (C=O) groups excluding carboxylic acids is 3. The zero-order chi connectivity index (χ0) is 28.8. The molecule has 10 nitrogen and oxygen atoms in total. The number of rotatable bonds is 11. The van der Waals surface area contributed by atoms with Crippen LogP contribution in [0, 0.1) is 0 Å². The molecule has 3 aromatic carbocycles. The van der Waals surface area contributed by atoms with Crippen LogP contribution in [-0.2, 0) is 16.0 Å². The van der Waals surface area contributed by atoms with Crippen molar-refractivity contribution >= 4 is 40.7 Å². The molecular weight excluding hydrogens is 538 g/mol. The van der Waals surface area contributed by atoms with Gasteiger partial charge in [-0.25, -0.2) is 4.90 Å². The Morgan fingerprint density at radius 1 is 0.825 bits per heavy atom. The van der Waals surface area contributed by atoms with Gasteiger partial charge in [0.05, 0.1) is 34.1 Å². The highest BCUT2D eigenvalue weighted by atomic mass is 35.5. The van der Waals surface area contributed by atoms with Gasteiger partial charge in [0.15, 0.2) is 11.5 Å². The van der Waals surface area contributed by atoms with Crippen molar-refractivity contribution in [2.24, 2.45) is 0 Å². The fourth-order valence-corrected chi connectivity index (χ4v) is 4.35. The highest BCUT2D eigenvalue weighted by Gasteiger charge is 2.40. The normalized spacial score (nSPS) is 12.9. The van der Waals surface area contributed by atoms with Crippen LogP contribution in [0.25, 0.3) is 0 Å². The average molecular weight is 566 g/mol. The van der Waals surface area contributed by atoms with Crippen LogP contribution >= 0.6 is 11.6 Å². The van der Waals surface area contributed by atoms with E-state index in [2.05, 4.69) is 10.6 Å². The smallest absolute Gasteiger partial charge is 0.283 e. The van der Waals surface area contributed by atoms with E-state index >= 15 is 0 Å². The minimum Gasteiger partial charge on any atom is -0.497 e. The molecule has 0 aromatic heterocycles. The van der Waals surface area contributed by atoms with Gasteiger partial charge in [-0.15, -0.1) is 0 Å². The van der Waals surface area contributed by atoms with E-state index in [9.17, 15) is 14.4 Å². The van der Waals surface area contributed by atoms with E-state index < -0.39 is 11.8 Å². The second kappa shape index (κ2) is 12.4. The van der Waals surface area contributed by atoms with E-state index in [1.165, 1.54) is 20.3 Å². The molecule has 2 N–H and O–H groups in total. The molecule has 0 spiro atoms. The molecule has 0 unspecified atom stereocenters. The predicted octanol–water partition coefficient (Wildman–Crippen LogP) is 4.13.